The molecule has 2 heterocycles. The minimum atomic E-state index is -0.803. The summed E-state index contributed by atoms with van der Waals surface area (Å²) < 4.78 is 1.98. The van der Waals surface area contributed by atoms with Gasteiger partial charge in [0.1, 0.15) is 12.1 Å². The van der Waals surface area contributed by atoms with E-state index in [0.717, 1.165) is 22.8 Å². The number of nitrogens with zero attached hydrogens (tertiary/aromatic N) is 3. The molecule has 3 amide bonds. The molecule has 1 fully saturated rings. The Morgan fingerprint density at radius 2 is 1.64 bits per heavy atom. The first kappa shape index (κ1) is 34.3. The Labute approximate surface area is 269 Å². The lowest BCUT2D eigenvalue weighted by Crippen LogP contribution is -2.53. The zero-order chi connectivity index (χ0) is 31.5. The molecule has 0 spiro atoms. The number of carbonyl (C=O) groups excluding carboxylic acids is 3. The van der Waals surface area contributed by atoms with Crippen LogP contribution in [0.25, 0.3) is 0 Å². The van der Waals surface area contributed by atoms with Crippen LogP contribution < -0.4 is 16.0 Å². The molecular formula is C32H48N6O4S2. The number of carbonyl (C=O) groups is 3. The molecule has 1 saturated carbocycles. The maximum absolute atomic E-state index is 13.1. The van der Waals surface area contributed by atoms with Gasteiger partial charge in [0.05, 0.1) is 18.0 Å². The van der Waals surface area contributed by atoms with Crippen molar-refractivity contribution in [3.63, 3.8) is 0 Å². The molecule has 2 bridgehead atoms. The fourth-order valence-corrected chi connectivity index (χ4v) is 8.48. The highest BCUT2D eigenvalue weighted by atomic mass is 32.2. The van der Waals surface area contributed by atoms with E-state index < -0.39 is 18.0 Å². The summed E-state index contributed by atoms with van der Waals surface area (Å²) in [6.45, 7) is 5.86. The highest BCUT2D eigenvalue weighted by molar-refractivity contribution is 8.00. The van der Waals surface area contributed by atoms with Crippen molar-refractivity contribution in [2.75, 3.05) is 5.32 Å². The SMILES string of the molecule is CC(C)[C@H](NC(=O)CCCn1nnc2c1CSC1CCCCCCC(C1)SC2)C(=O)N[C@@H](C)C(=O)Nc1ccc(CO)cc1. The predicted octanol–water partition coefficient (Wildman–Crippen LogP) is 4.80. The van der Waals surface area contributed by atoms with Crippen LogP contribution in [0.2, 0.25) is 0 Å². The minimum absolute atomic E-state index is 0.0788. The average molecular weight is 645 g/mol. The lowest BCUT2D eigenvalue weighted by molar-refractivity contribution is -0.131. The van der Waals surface area contributed by atoms with Gasteiger partial charge >= 0.3 is 0 Å². The molecular weight excluding hydrogens is 597 g/mol. The zero-order valence-corrected chi connectivity index (χ0v) is 27.9. The summed E-state index contributed by atoms with van der Waals surface area (Å²) in [5.74, 6) is 0.659. The van der Waals surface area contributed by atoms with Crippen molar-refractivity contribution in [1.82, 2.24) is 25.6 Å². The molecule has 4 rings (SSSR count). The van der Waals surface area contributed by atoms with Gasteiger partial charge in [-0.15, -0.1) is 5.10 Å². The summed E-state index contributed by atoms with van der Waals surface area (Å²) in [4.78, 5) is 38.6. The van der Waals surface area contributed by atoms with Crippen molar-refractivity contribution < 1.29 is 19.5 Å². The Morgan fingerprint density at radius 1 is 0.955 bits per heavy atom. The van der Waals surface area contributed by atoms with E-state index in [1.807, 2.05) is 42.1 Å². The predicted molar refractivity (Wildman–Crippen MR) is 177 cm³/mol. The van der Waals surface area contributed by atoms with Gasteiger partial charge in [-0.1, -0.05) is 56.9 Å². The van der Waals surface area contributed by atoms with Crippen LogP contribution >= 0.6 is 23.5 Å². The monoisotopic (exact) mass is 644 g/mol. The van der Waals surface area contributed by atoms with E-state index in [-0.39, 0.29) is 30.8 Å². The van der Waals surface area contributed by atoms with Gasteiger partial charge in [0.25, 0.3) is 0 Å². The Hall–Kier alpha value is -2.57. The van der Waals surface area contributed by atoms with Gasteiger partial charge < -0.3 is 21.1 Å². The molecule has 4 N–H and O–H groups in total. The highest BCUT2D eigenvalue weighted by Crippen LogP contribution is 2.37. The van der Waals surface area contributed by atoms with Gasteiger partial charge in [-0.3, -0.25) is 14.4 Å². The van der Waals surface area contributed by atoms with Crippen molar-refractivity contribution in [2.24, 2.45) is 5.92 Å². The van der Waals surface area contributed by atoms with Crippen LogP contribution in [0.3, 0.4) is 0 Å². The fraction of sp³-hybridized carbons (Fsp3) is 0.656. The van der Waals surface area contributed by atoms with Crippen LogP contribution in [0, 0.1) is 5.92 Å². The van der Waals surface area contributed by atoms with Gasteiger partial charge in [-0.05, 0) is 56.2 Å². The molecule has 0 saturated heterocycles. The zero-order valence-electron chi connectivity index (χ0n) is 26.2. The molecule has 1 aliphatic carbocycles. The Bertz CT molecular complexity index is 1240. The van der Waals surface area contributed by atoms with E-state index in [1.165, 1.54) is 50.6 Å². The number of anilines is 1. The number of benzene rings is 1. The summed E-state index contributed by atoms with van der Waals surface area (Å²) in [6.07, 6.45) is 10.0. The molecule has 12 heteroatoms. The van der Waals surface area contributed by atoms with Crippen LogP contribution in [0.1, 0.15) is 95.5 Å². The molecule has 1 aromatic heterocycles. The Kier molecular flexibility index (Phi) is 13.4. The minimum Gasteiger partial charge on any atom is -0.392 e. The molecule has 242 valence electrons. The lowest BCUT2D eigenvalue weighted by atomic mass is 10.0. The van der Waals surface area contributed by atoms with Crippen LogP contribution in [-0.4, -0.2) is 60.4 Å². The molecule has 2 unspecified atom stereocenters. The average Bonchev–Trinajstić information content (AvgIpc) is 3.46. The standard InChI is InChI=1S/C32H48N6O4S2/c1-21(2)30(32(42)33-22(3)31(41)34-24-14-12-23(18-39)13-15-24)35-29(40)11-8-16-38-28-20-44-26-10-7-5-4-6-9-25(17-26)43-19-27(28)36-37-38/h12-15,21-22,25-26,30,39H,4-11,16-20H2,1-3H3,(H,33,42)(H,34,41)(H,35,40)/t22-,25?,26?,30-/m0/s1. The van der Waals surface area contributed by atoms with E-state index in [9.17, 15) is 19.5 Å². The maximum Gasteiger partial charge on any atom is 0.246 e. The normalized spacial score (nSPS) is 20.4. The van der Waals surface area contributed by atoms with Crippen molar-refractivity contribution >= 4 is 46.9 Å². The van der Waals surface area contributed by atoms with E-state index in [0.29, 0.717) is 29.2 Å². The third-order valence-electron chi connectivity index (χ3n) is 8.35. The van der Waals surface area contributed by atoms with Gasteiger partial charge in [0.15, 0.2) is 0 Å². The van der Waals surface area contributed by atoms with Gasteiger partial charge in [-0.25, -0.2) is 4.68 Å². The van der Waals surface area contributed by atoms with E-state index in [4.69, 9.17) is 0 Å². The smallest absolute Gasteiger partial charge is 0.246 e. The number of aryl methyl sites for hydroxylation is 1. The molecule has 2 aromatic rings. The maximum atomic E-state index is 13.1. The van der Waals surface area contributed by atoms with Gasteiger partial charge in [0.2, 0.25) is 17.7 Å². The Balaban J connectivity index is 1.26. The summed E-state index contributed by atoms with van der Waals surface area (Å²) in [5, 5.41) is 27.9. The first-order valence-electron chi connectivity index (χ1n) is 16.0. The van der Waals surface area contributed by atoms with Gasteiger partial charge in [-0.2, -0.15) is 23.5 Å². The third-order valence-corrected chi connectivity index (χ3v) is 11.0. The van der Waals surface area contributed by atoms with Crippen LogP contribution in [-0.2, 0) is 39.0 Å². The van der Waals surface area contributed by atoms with Crippen molar-refractivity contribution in [3.8, 4) is 0 Å². The second-order valence-corrected chi connectivity index (χ2v) is 14.8. The molecule has 1 aromatic carbocycles. The quantitative estimate of drug-likeness (QED) is 0.274. The van der Waals surface area contributed by atoms with Crippen LogP contribution in [0.5, 0.6) is 0 Å². The number of nitrogens with one attached hydrogen (secondary N) is 3. The Morgan fingerprint density at radius 3 is 2.30 bits per heavy atom. The molecule has 10 nitrogen and oxygen atoms in total. The summed E-state index contributed by atoms with van der Waals surface area (Å²) in [6, 6.07) is 5.26. The molecule has 2 aliphatic rings. The van der Waals surface area contributed by atoms with Gasteiger partial charge in [0, 0.05) is 40.7 Å². The van der Waals surface area contributed by atoms with Crippen LogP contribution in [0.4, 0.5) is 5.69 Å². The number of fused-ring (bicyclic) bond motifs is 3. The van der Waals surface area contributed by atoms with E-state index >= 15 is 0 Å². The topological polar surface area (TPSA) is 138 Å². The molecule has 1 aliphatic heterocycles. The second kappa shape index (κ2) is 17.2. The van der Waals surface area contributed by atoms with E-state index in [1.54, 1.807) is 31.2 Å². The van der Waals surface area contributed by atoms with E-state index in [2.05, 4.69) is 26.3 Å². The van der Waals surface area contributed by atoms with Crippen LogP contribution in [0.15, 0.2) is 24.3 Å². The number of aliphatic hydroxyl groups is 1. The summed E-state index contributed by atoms with van der Waals surface area (Å²) in [5.41, 5.74) is 3.56. The van der Waals surface area contributed by atoms with Crippen molar-refractivity contribution in [2.45, 2.75) is 126 Å². The first-order chi connectivity index (χ1) is 21.2. The number of amides is 3. The first-order valence-corrected chi connectivity index (χ1v) is 18.1. The third kappa shape index (κ3) is 10.2. The largest absolute Gasteiger partial charge is 0.392 e. The second-order valence-electron chi connectivity index (χ2n) is 12.3. The number of hydrogen-bond acceptors (Lipinski definition) is 8. The fourth-order valence-electron chi connectivity index (χ4n) is 5.62. The number of thioether (sulfide) groups is 2. The number of aromatic nitrogens is 3. The summed E-state index contributed by atoms with van der Waals surface area (Å²) >= 11 is 4.08. The van der Waals surface area contributed by atoms with Crippen molar-refractivity contribution in [1.29, 1.82) is 0 Å². The molecule has 0 radical (unpaired) electrons. The lowest BCUT2D eigenvalue weighted by Gasteiger charge is -2.24. The highest BCUT2D eigenvalue weighted by Gasteiger charge is 2.28. The molecule has 44 heavy (non-hydrogen) atoms. The van der Waals surface area contributed by atoms with Crippen molar-refractivity contribution in [3.05, 3.63) is 41.2 Å². The number of hydrogen-bond donors (Lipinski definition) is 4. The molecule has 4 atom stereocenters. The summed E-state index contributed by atoms with van der Waals surface area (Å²) in [7, 11) is 0. The number of rotatable bonds is 11. The number of aliphatic hydroxyl groups excluding tert-OH is 1.